The van der Waals surface area contributed by atoms with Gasteiger partial charge in [0.1, 0.15) is 17.8 Å². The number of rotatable bonds is 7. The van der Waals surface area contributed by atoms with E-state index < -0.39 is 4.92 Å². The number of pyridine rings is 1. The van der Waals surface area contributed by atoms with E-state index in [1.54, 1.807) is 18.2 Å². The van der Waals surface area contributed by atoms with Crippen LogP contribution in [0.3, 0.4) is 0 Å². The second-order valence-electron chi connectivity index (χ2n) is 5.88. The molecule has 10 heteroatoms. The lowest BCUT2D eigenvalue weighted by Gasteiger charge is -2.21. The highest BCUT2D eigenvalue weighted by atomic mass is 16.6. The molecule has 0 bridgehead atoms. The molecule has 0 radical (unpaired) electrons. The third-order valence-corrected chi connectivity index (χ3v) is 4.25. The smallest absolute Gasteiger partial charge is 0.287 e. The monoisotopic (exact) mass is 385 g/mol. The van der Waals surface area contributed by atoms with Crippen LogP contribution in [0.15, 0.2) is 35.3 Å². The fraction of sp³-hybridized carbons (Fsp3) is 0.278. The predicted octanol–water partition coefficient (Wildman–Crippen LogP) is 2.27. The normalized spacial score (nSPS) is 10.7. The van der Waals surface area contributed by atoms with Crippen LogP contribution in [0, 0.1) is 10.1 Å². The van der Waals surface area contributed by atoms with Gasteiger partial charge in [-0.2, -0.15) is 0 Å². The van der Waals surface area contributed by atoms with E-state index in [4.69, 9.17) is 9.47 Å². The Bertz CT molecular complexity index is 1060. The third kappa shape index (κ3) is 3.70. The Hall–Kier alpha value is -3.69. The molecule has 10 nitrogen and oxygen atoms in total. The highest BCUT2D eigenvalue weighted by Crippen LogP contribution is 2.30. The zero-order valence-corrected chi connectivity index (χ0v) is 15.6. The van der Waals surface area contributed by atoms with Gasteiger partial charge in [0.2, 0.25) is 0 Å². The maximum absolute atomic E-state index is 12.5. The van der Waals surface area contributed by atoms with Crippen LogP contribution in [-0.4, -0.2) is 40.6 Å². The quantitative estimate of drug-likeness (QED) is 0.485. The SMILES string of the molecule is CCN(Cc1nc2cc(OC)c(OC)cc2c(=O)[nH]1)c1ccc([N+](=O)[O-])cn1. The van der Waals surface area contributed by atoms with Crippen molar-refractivity contribution < 1.29 is 14.4 Å². The Labute approximate surface area is 159 Å². The molecule has 0 aliphatic heterocycles. The van der Waals surface area contributed by atoms with Gasteiger partial charge in [-0.1, -0.05) is 0 Å². The number of nitrogens with one attached hydrogen (secondary N) is 1. The first-order chi connectivity index (χ1) is 13.5. The second kappa shape index (κ2) is 7.91. The maximum atomic E-state index is 12.5. The first-order valence-corrected chi connectivity index (χ1v) is 8.47. The number of methoxy groups -OCH3 is 2. The van der Waals surface area contributed by atoms with Gasteiger partial charge < -0.3 is 19.4 Å². The van der Waals surface area contributed by atoms with Crippen molar-refractivity contribution in [3.05, 3.63) is 56.8 Å². The van der Waals surface area contributed by atoms with E-state index in [-0.39, 0.29) is 17.8 Å². The van der Waals surface area contributed by atoms with Gasteiger partial charge in [0, 0.05) is 18.7 Å². The van der Waals surface area contributed by atoms with Crippen molar-refractivity contribution in [3.63, 3.8) is 0 Å². The van der Waals surface area contributed by atoms with Crippen molar-refractivity contribution in [2.75, 3.05) is 25.7 Å². The first kappa shape index (κ1) is 19.1. The van der Waals surface area contributed by atoms with E-state index >= 15 is 0 Å². The molecular weight excluding hydrogens is 366 g/mol. The summed E-state index contributed by atoms with van der Waals surface area (Å²) in [5, 5.41) is 11.2. The van der Waals surface area contributed by atoms with Gasteiger partial charge in [0.05, 0.1) is 36.6 Å². The van der Waals surface area contributed by atoms with Crippen molar-refractivity contribution in [1.82, 2.24) is 15.0 Å². The molecule has 3 aromatic rings. The fourth-order valence-corrected chi connectivity index (χ4v) is 2.80. The summed E-state index contributed by atoms with van der Waals surface area (Å²) in [6, 6.07) is 6.18. The highest BCUT2D eigenvalue weighted by molar-refractivity contribution is 5.81. The lowest BCUT2D eigenvalue weighted by atomic mass is 10.2. The molecule has 0 aliphatic carbocycles. The van der Waals surface area contributed by atoms with E-state index in [2.05, 4.69) is 15.0 Å². The summed E-state index contributed by atoms with van der Waals surface area (Å²) < 4.78 is 10.5. The highest BCUT2D eigenvalue weighted by Gasteiger charge is 2.14. The number of benzene rings is 1. The van der Waals surface area contributed by atoms with E-state index in [1.165, 1.54) is 26.5 Å². The minimum absolute atomic E-state index is 0.0851. The standard InChI is InChI=1S/C18H19N5O5/c1-4-22(17-6-5-11(9-19-17)23(25)26)10-16-20-13-8-15(28-3)14(27-2)7-12(13)18(24)21-16/h5-9H,4,10H2,1-3H3,(H,20,21,24). The Balaban J connectivity index is 1.95. The van der Waals surface area contributed by atoms with Crippen LogP contribution in [0.2, 0.25) is 0 Å². The summed E-state index contributed by atoms with van der Waals surface area (Å²) in [4.78, 5) is 36.0. The summed E-state index contributed by atoms with van der Waals surface area (Å²) >= 11 is 0. The number of hydrogen-bond donors (Lipinski definition) is 1. The van der Waals surface area contributed by atoms with Gasteiger partial charge in [-0.25, -0.2) is 9.97 Å². The van der Waals surface area contributed by atoms with Gasteiger partial charge in [-0.15, -0.1) is 0 Å². The molecule has 28 heavy (non-hydrogen) atoms. The molecule has 3 rings (SSSR count). The van der Waals surface area contributed by atoms with Crippen molar-refractivity contribution in [1.29, 1.82) is 0 Å². The van der Waals surface area contributed by atoms with Gasteiger partial charge in [0.25, 0.3) is 11.2 Å². The van der Waals surface area contributed by atoms with Crippen LogP contribution in [0.1, 0.15) is 12.7 Å². The molecule has 0 unspecified atom stereocenters. The summed E-state index contributed by atoms with van der Waals surface area (Å²) in [6.07, 6.45) is 1.20. The number of aromatic nitrogens is 3. The summed E-state index contributed by atoms with van der Waals surface area (Å²) in [6.45, 7) is 2.76. The zero-order chi connectivity index (χ0) is 20.3. The predicted molar refractivity (Wildman–Crippen MR) is 103 cm³/mol. The number of anilines is 1. The van der Waals surface area contributed by atoms with Crippen molar-refractivity contribution in [3.8, 4) is 11.5 Å². The van der Waals surface area contributed by atoms with Crippen molar-refractivity contribution >= 4 is 22.4 Å². The van der Waals surface area contributed by atoms with Gasteiger partial charge in [-0.05, 0) is 19.1 Å². The Morgan fingerprint density at radius 2 is 1.93 bits per heavy atom. The minimum Gasteiger partial charge on any atom is -0.493 e. The Kier molecular flexibility index (Phi) is 5.39. The molecule has 2 heterocycles. The second-order valence-corrected chi connectivity index (χ2v) is 5.88. The van der Waals surface area contributed by atoms with E-state index in [0.29, 0.717) is 40.6 Å². The van der Waals surface area contributed by atoms with Crippen LogP contribution < -0.4 is 19.9 Å². The number of hydrogen-bond acceptors (Lipinski definition) is 8. The summed E-state index contributed by atoms with van der Waals surface area (Å²) in [7, 11) is 3.01. The van der Waals surface area contributed by atoms with Crippen molar-refractivity contribution in [2.24, 2.45) is 0 Å². The maximum Gasteiger partial charge on any atom is 0.287 e. The summed E-state index contributed by atoms with van der Waals surface area (Å²) in [5.41, 5.74) is 0.0934. The number of nitrogens with zero attached hydrogens (tertiary/aromatic N) is 4. The first-order valence-electron chi connectivity index (χ1n) is 8.47. The van der Waals surface area contributed by atoms with Crippen molar-refractivity contribution in [2.45, 2.75) is 13.5 Å². The number of fused-ring (bicyclic) bond motifs is 1. The third-order valence-electron chi connectivity index (χ3n) is 4.25. The minimum atomic E-state index is -0.503. The van der Waals surface area contributed by atoms with Crippen LogP contribution in [0.5, 0.6) is 11.5 Å². The van der Waals surface area contributed by atoms with Crippen LogP contribution in [0.25, 0.3) is 10.9 Å². The van der Waals surface area contributed by atoms with E-state index in [1.807, 2.05) is 11.8 Å². The molecule has 0 atom stereocenters. The number of aromatic amines is 1. The summed E-state index contributed by atoms with van der Waals surface area (Å²) in [5.74, 6) is 1.90. The van der Waals surface area contributed by atoms with Gasteiger partial charge in [-0.3, -0.25) is 14.9 Å². The number of H-pyrrole nitrogens is 1. The van der Waals surface area contributed by atoms with Crippen LogP contribution >= 0.6 is 0 Å². The van der Waals surface area contributed by atoms with E-state index in [9.17, 15) is 14.9 Å². The Morgan fingerprint density at radius 1 is 1.21 bits per heavy atom. The van der Waals surface area contributed by atoms with E-state index in [0.717, 1.165) is 0 Å². The molecule has 0 saturated carbocycles. The molecule has 0 fully saturated rings. The van der Waals surface area contributed by atoms with Crippen LogP contribution in [0.4, 0.5) is 11.5 Å². The average Bonchev–Trinajstić information content (AvgIpc) is 2.71. The average molecular weight is 385 g/mol. The topological polar surface area (TPSA) is 123 Å². The van der Waals surface area contributed by atoms with Gasteiger partial charge in [0.15, 0.2) is 11.5 Å². The molecule has 1 aromatic carbocycles. The number of nitro groups is 1. The lowest BCUT2D eigenvalue weighted by molar-refractivity contribution is -0.385. The van der Waals surface area contributed by atoms with Gasteiger partial charge >= 0.3 is 0 Å². The zero-order valence-electron chi connectivity index (χ0n) is 15.6. The fourth-order valence-electron chi connectivity index (χ4n) is 2.80. The molecule has 0 saturated heterocycles. The molecular formula is C18H19N5O5. The molecule has 1 N–H and O–H groups in total. The molecule has 2 aromatic heterocycles. The molecule has 0 aliphatic rings. The molecule has 0 amide bonds. The largest absolute Gasteiger partial charge is 0.493 e. The molecule has 0 spiro atoms. The van der Waals surface area contributed by atoms with Crippen LogP contribution in [-0.2, 0) is 6.54 Å². The molecule has 146 valence electrons. The lowest BCUT2D eigenvalue weighted by Crippen LogP contribution is -2.26. The Morgan fingerprint density at radius 3 is 2.50 bits per heavy atom. The number of ether oxygens (including phenoxy) is 2.